The van der Waals surface area contributed by atoms with Crippen LogP contribution in [0.3, 0.4) is 0 Å². The highest BCUT2D eigenvalue weighted by atomic mass is 16.2. The highest BCUT2D eigenvalue weighted by Crippen LogP contribution is 2.35. The summed E-state index contributed by atoms with van der Waals surface area (Å²) in [6.45, 7) is 6.91. The second kappa shape index (κ2) is 5.29. The molecule has 4 nitrogen and oxygen atoms in total. The second-order valence-corrected chi connectivity index (χ2v) is 6.07. The van der Waals surface area contributed by atoms with Crippen molar-refractivity contribution in [3.05, 3.63) is 0 Å². The van der Waals surface area contributed by atoms with Crippen molar-refractivity contribution in [3.63, 3.8) is 0 Å². The molecule has 18 heavy (non-hydrogen) atoms. The van der Waals surface area contributed by atoms with Crippen LogP contribution in [0.1, 0.15) is 46.5 Å². The zero-order chi connectivity index (χ0) is 13.3. The number of piperazine rings is 1. The van der Waals surface area contributed by atoms with Crippen molar-refractivity contribution in [1.29, 1.82) is 0 Å². The van der Waals surface area contributed by atoms with E-state index >= 15 is 0 Å². The first-order chi connectivity index (χ1) is 8.50. The summed E-state index contributed by atoms with van der Waals surface area (Å²) in [6.07, 6.45) is 4.24. The summed E-state index contributed by atoms with van der Waals surface area (Å²) in [5, 5.41) is 2.88. The summed E-state index contributed by atoms with van der Waals surface area (Å²) in [6, 6.07) is -0.549. The van der Waals surface area contributed by atoms with Crippen LogP contribution in [0.2, 0.25) is 0 Å². The number of nitrogens with one attached hydrogen (secondary N) is 1. The van der Waals surface area contributed by atoms with Gasteiger partial charge in [0, 0.05) is 6.54 Å². The fourth-order valence-electron chi connectivity index (χ4n) is 2.57. The molecule has 102 valence electrons. The highest BCUT2D eigenvalue weighted by molar-refractivity contribution is 5.97. The molecule has 1 N–H and O–H groups in total. The van der Waals surface area contributed by atoms with Crippen molar-refractivity contribution in [2.75, 3.05) is 6.54 Å². The summed E-state index contributed by atoms with van der Waals surface area (Å²) in [5.41, 5.74) is 0. The fourth-order valence-corrected chi connectivity index (χ4v) is 2.57. The first kappa shape index (κ1) is 13.4. The van der Waals surface area contributed by atoms with Crippen LogP contribution in [0.5, 0.6) is 0 Å². The largest absolute Gasteiger partial charge is 0.342 e. The maximum Gasteiger partial charge on any atom is 0.246 e. The van der Waals surface area contributed by atoms with Gasteiger partial charge < -0.3 is 10.2 Å². The molecular weight excluding hydrogens is 228 g/mol. The van der Waals surface area contributed by atoms with E-state index in [4.69, 9.17) is 0 Å². The molecule has 2 fully saturated rings. The average Bonchev–Trinajstić information content (AvgIpc) is 3.12. The second-order valence-electron chi connectivity index (χ2n) is 6.07. The molecule has 0 spiro atoms. The van der Waals surface area contributed by atoms with Gasteiger partial charge in [0.25, 0.3) is 0 Å². The predicted octanol–water partition coefficient (Wildman–Crippen LogP) is 1.55. The van der Waals surface area contributed by atoms with Crippen molar-refractivity contribution in [1.82, 2.24) is 10.2 Å². The quantitative estimate of drug-likeness (QED) is 0.807. The molecule has 0 aromatic carbocycles. The summed E-state index contributed by atoms with van der Waals surface area (Å²) in [5.74, 6) is 1.18. The van der Waals surface area contributed by atoms with Gasteiger partial charge >= 0.3 is 0 Å². The third kappa shape index (κ3) is 2.85. The van der Waals surface area contributed by atoms with Crippen LogP contribution in [0.25, 0.3) is 0 Å². The molecule has 2 atom stereocenters. The lowest BCUT2D eigenvalue weighted by atomic mass is 10.0. The molecule has 2 amide bonds. The number of carbonyl (C=O) groups is 2. The predicted molar refractivity (Wildman–Crippen MR) is 69.9 cm³/mol. The number of nitrogens with zero attached hydrogens (tertiary/aromatic N) is 1. The van der Waals surface area contributed by atoms with E-state index in [0.717, 1.165) is 32.2 Å². The normalized spacial score (nSPS) is 28.8. The Labute approximate surface area is 109 Å². The summed E-state index contributed by atoms with van der Waals surface area (Å²) in [7, 11) is 0. The number of hydrogen-bond donors (Lipinski definition) is 1. The molecular formula is C14H24N2O2. The minimum absolute atomic E-state index is 0.0102. The molecule has 4 heteroatoms. The smallest absolute Gasteiger partial charge is 0.246 e. The van der Waals surface area contributed by atoms with Crippen molar-refractivity contribution in [2.24, 2.45) is 11.8 Å². The van der Waals surface area contributed by atoms with E-state index in [2.05, 4.69) is 19.2 Å². The fraction of sp³-hybridized carbons (Fsp3) is 0.857. The lowest BCUT2D eigenvalue weighted by Gasteiger charge is -2.37. The average molecular weight is 252 g/mol. The minimum Gasteiger partial charge on any atom is -0.342 e. The van der Waals surface area contributed by atoms with Crippen LogP contribution in [0.4, 0.5) is 0 Å². The monoisotopic (exact) mass is 252 g/mol. The molecule has 0 aromatic rings. The number of hydrogen-bond acceptors (Lipinski definition) is 2. The van der Waals surface area contributed by atoms with Gasteiger partial charge in [0.2, 0.25) is 11.8 Å². The van der Waals surface area contributed by atoms with Gasteiger partial charge in [-0.3, -0.25) is 9.59 Å². The Morgan fingerprint density at radius 1 is 1.33 bits per heavy atom. The van der Waals surface area contributed by atoms with E-state index in [1.54, 1.807) is 4.90 Å². The summed E-state index contributed by atoms with van der Waals surface area (Å²) < 4.78 is 0. The van der Waals surface area contributed by atoms with Crippen molar-refractivity contribution in [3.8, 4) is 0 Å². The molecule has 1 heterocycles. The zero-order valence-electron chi connectivity index (χ0n) is 11.6. The summed E-state index contributed by atoms with van der Waals surface area (Å²) >= 11 is 0. The molecule has 2 aliphatic rings. The topological polar surface area (TPSA) is 49.4 Å². The Morgan fingerprint density at radius 3 is 2.56 bits per heavy atom. The molecule has 1 saturated heterocycles. The van der Waals surface area contributed by atoms with Gasteiger partial charge in [-0.2, -0.15) is 0 Å². The third-order valence-electron chi connectivity index (χ3n) is 3.97. The van der Waals surface area contributed by atoms with Crippen LogP contribution in [-0.2, 0) is 9.59 Å². The maximum atomic E-state index is 12.3. The Bertz CT molecular complexity index is 337. The van der Waals surface area contributed by atoms with Gasteiger partial charge in [0.15, 0.2) is 0 Å². The van der Waals surface area contributed by atoms with Crippen LogP contribution < -0.4 is 5.32 Å². The molecule has 1 aliphatic heterocycles. The highest BCUT2D eigenvalue weighted by Gasteiger charge is 2.45. The first-order valence-corrected chi connectivity index (χ1v) is 7.11. The summed E-state index contributed by atoms with van der Waals surface area (Å²) in [4.78, 5) is 26.0. The van der Waals surface area contributed by atoms with E-state index < -0.39 is 0 Å². The molecule has 1 aliphatic carbocycles. The molecule has 1 saturated carbocycles. The SMILES string of the molecule is CC(C)CCCN1C(=O)C(C2CC2)NC(=O)C1C. The number of amides is 2. The van der Waals surface area contributed by atoms with E-state index in [-0.39, 0.29) is 23.9 Å². The van der Waals surface area contributed by atoms with Crippen LogP contribution in [0.15, 0.2) is 0 Å². The zero-order valence-corrected chi connectivity index (χ0v) is 11.6. The number of rotatable bonds is 5. The number of carbonyl (C=O) groups excluding carboxylic acids is 2. The van der Waals surface area contributed by atoms with Gasteiger partial charge in [-0.1, -0.05) is 13.8 Å². The Balaban J connectivity index is 1.96. The van der Waals surface area contributed by atoms with E-state index in [1.807, 2.05) is 6.92 Å². The standard InChI is InChI=1S/C14H24N2O2/c1-9(2)5-4-8-16-10(3)13(17)15-12(14(16)18)11-6-7-11/h9-12H,4-8H2,1-3H3,(H,15,17). The van der Waals surface area contributed by atoms with Gasteiger partial charge in [-0.25, -0.2) is 0 Å². The molecule has 0 bridgehead atoms. The Hall–Kier alpha value is -1.06. The molecule has 0 radical (unpaired) electrons. The maximum absolute atomic E-state index is 12.3. The van der Waals surface area contributed by atoms with Crippen LogP contribution in [-0.4, -0.2) is 35.3 Å². The van der Waals surface area contributed by atoms with E-state index in [9.17, 15) is 9.59 Å². The Kier molecular flexibility index (Phi) is 3.93. The lowest BCUT2D eigenvalue weighted by Crippen LogP contribution is -2.63. The molecule has 2 rings (SSSR count). The molecule has 2 unspecified atom stereocenters. The van der Waals surface area contributed by atoms with E-state index in [0.29, 0.717) is 11.8 Å². The van der Waals surface area contributed by atoms with Gasteiger partial charge in [0.05, 0.1) is 0 Å². The minimum atomic E-state index is -0.306. The Morgan fingerprint density at radius 2 is 2.00 bits per heavy atom. The van der Waals surface area contributed by atoms with Crippen LogP contribution in [0, 0.1) is 11.8 Å². The third-order valence-corrected chi connectivity index (χ3v) is 3.97. The lowest BCUT2D eigenvalue weighted by molar-refractivity contribution is -0.149. The van der Waals surface area contributed by atoms with Crippen LogP contribution >= 0.6 is 0 Å². The van der Waals surface area contributed by atoms with E-state index in [1.165, 1.54) is 0 Å². The van der Waals surface area contributed by atoms with Crippen molar-refractivity contribution >= 4 is 11.8 Å². The van der Waals surface area contributed by atoms with Gasteiger partial charge in [-0.15, -0.1) is 0 Å². The van der Waals surface area contributed by atoms with Crippen molar-refractivity contribution < 1.29 is 9.59 Å². The first-order valence-electron chi connectivity index (χ1n) is 7.11. The van der Waals surface area contributed by atoms with Gasteiger partial charge in [0.1, 0.15) is 12.1 Å². The van der Waals surface area contributed by atoms with Gasteiger partial charge in [-0.05, 0) is 44.4 Å². The van der Waals surface area contributed by atoms with Crippen molar-refractivity contribution in [2.45, 2.75) is 58.5 Å². The molecule has 0 aromatic heterocycles.